The summed E-state index contributed by atoms with van der Waals surface area (Å²) in [6.45, 7) is 1.83. The van der Waals surface area contributed by atoms with Crippen LogP contribution in [0.15, 0.2) is 35.7 Å². The fourth-order valence-corrected chi connectivity index (χ4v) is 2.82. The lowest BCUT2D eigenvalue weighted by Gasteiger charge is -2.00. The second-order valence-electron chi connectivity index (χ2n) is 4.87. The standard InChI is InChI=1S/C15H13F2N5S/c1-9-14(12-4-3-11(16)5-13(12)17)20-15(23-9)21-18-6-10-7-19-22(2)8-10/h3-8H,1-2H3,(H,20,21). The maximum Gasteiger partial charge on any atom is 0.204 e. The number of rotatable bonds is 4. The molecule has 23 heavy (non-hydrogen) atoms. The quantitative estimate of drug-likeness (QED) is 0.586. The monoisotopic (exact) mass is 333 g/mol. The molecule has 0 saturated heterocycles. The molecule has 0 unspecified atom stereocenters. The third-order valence-corrected chi connectivity index (χ3v) is 3.96. The lowest BCUT2D eigenvalue weighted by molar-refractivity contribution is 0.585. The molecule has 0 radical (unpaired) electrons. The number of nitrogens with zero attached hydrogens (tertiary/aromatic N) is 4. The van der Waals surface area contributed by atoms with Crippen LogP contribution in [0.3, 0.4) is 0 Å². The van der Waals surface area contributed by atoms with Crippen molar-refractivity contribution in [2.24, 2.45) is 12.1 Å². The van der Waals surface area contributed by atoms with Gasteiger partial charge >= 0.3 is 0 Å². The second kappa shape index (κ2) is 6.25. The summed E-state index contributed by atoms with van der Waals surface area (Å²) < 4.78 is 28.5. The van der Waals surface area contributed by atoms with Gasteiger partial charge in [0.05, 0.1) is 18.1 Å². The fraction of sp³-hybridized carbons (Fsp3) is 0.133. The molecule has 0 amide bonds. The van der Waals surface area contributed by atoms with Gasteiger partial charge in [-0.25, -0.2) is 13.8 Å². The topological polar surface area (TPSA) is 55.1 Å². The highest BCUT2D eigenvalue weighted by atomic mass is 32.1. The van der Waals surface area contributed by atoms with Gasteiger partial charge in [0, 0.05) is 35.3 Å². The van der Waals surface area contributed by atoms with Crippen LogP contribution in [0, 0.1) is 18.6 Å². The molecule has 0 aliphatic carbocycles. The van der Waals surface area contributed by atoms with Crippen LogP contribution in [-0.4, -0.2) is 21.0 Å². The van der Waals surface area contributed by atoms with E-state index in [9.17, 15) is 8.78 Å². The predicted molar refractivity (Wildman–Crippen MR) is 86.6 cm³/mol. The molecule has 0 fully saturated rings. The number of aryl methyl sites for hydroxylation is 2. The molecule has 2 aromatic heterocycles. The summed E-state index contributed by atoms with van der Waals surface area (Å²) in [5.41, 5.74) is 4.40. The molecule has 118 valence electrons. The summed E-state index contributed by atoms with van der Waals surface area (Å²) in [4.78, 5) is 5.13. The van der Waals surface area contributed by atoms with E-state index in [1.54, 1.807) is 17.1 Å². The van der Waals surface area contributed by atoms with Crippen molar-refractivity contribution in [2.75, 3.05) is 5.43 Å². The number of hydrogen-bond acceptors (Lipinski definition) is 5. The van der Waals surface area contributed by atoms with Crippen LogP contribution in [0.5, 0.6) is 0 Å². The molecule has 1 aromatic carbocycles. The highest BCUT2D eigenvalue weighted by Crippen LogP contribution is 2.32. The molecule has 0 aliphatic rings. The molecule has 0 aliphatic heterocycles. The highest BCUT2D eigenvalue weighted by Gasteiger charge is 2.14. The van der Waals surface area contributed by atoms with Crippen LogP contribution in [0.25, 0.3) is 11.3 Å². The molecule has 3 aromatic rings. The van der Waals surface area contributed by atoms with Crippen LogP contribution in [0.2, 0.25) is 0 Å². The second-order valence-corrected chi connectivity index (χ2v) is 6.07. The van der Waals surface area contributed by atoms with Gasteiger partial charge in [0.1, 0.15) is 11.6 Å². The number of thiazole rings is 1. The summed E-state index contributed by atoms with van der Waals surface area (Å²) >= 11 is 1.35. The van der Waals surface area contributed by atoms with Gasteiger partial charge in [0.25, 0.3) is 0 Å². The Kier molecular flexibility index (Phi) is 4.16. The van der Waals surface area contributed by atoms with Crippen molar-refractivity contribution in [3.8, 4) is 11.3 Å². The fourth-order valence-electron chi connectivity index (χ4n) is 2.04. The van der Waals surface area contributed by atoms with Gasteiger partial charge in [0.15, 0.2) is 0 Å². The molecular weight excluding hydrogens is 320 g/mol. The summed E-state index contributed by atoms with van der Waals surface area (Å²) in [6.07, 6.45) is 5.11. The Morgan fingerprint density at radius 1 is 1.35 bits per heavy atom. The molecule has 0 atom stereocenters. The van der Waals surface area contributed by atoms with Gasteiger partial charge in [-0.2, -0.15) is 10.2 Å². The van der Waals surface area contributed by atoms with Crippen molar-refractivity contribution < 1.29 is 8.78 Å². The summed E-state index contributed by atoms with van der Waals surface area (Å²) in [7, 11) is 1.82. The van der Waals surface area contributed by atoms with Gasteiger partial charge in [-0.1, -0.05) is 0 Å². The molecule has 5 nitrogen and oxygen atoms in total. The first-order valence-electron chi connectivity index (χ1n) is 6.73. The third-order valence-electron chi connectivity index (χ3n) is 3.08. The zero-order valence-electron chi connectivity index (χ0n) is 12.4. The zero-order valence-corrected chi connectivity index (χ0v) is 13.2. The lowest BCUT2D eigenvalue weighted by Crippen LogP contribution is -1.91. The molecule has 8 heteroatoms. The Bertz CT molecular complexity index is 869. The van der Waals surface area contributed by atoms with Gasteiger partial charge in [-0.3, -0.25) is 10.1 Å². The van der Waals surface area contributed by atoms with E-state index in [2.05, 4.69) is 20.6 Å². The van der Waals surface area contributed by atoms with Crippen LogP contribution in [-0.2, 0) is 7.05 Å². The van der Waals surface area contributed by atoms with E-state index >= 15 is 0 Å². The average molecular weight is 333 g/mol. The number of benzene rings is 1. The summed E-state index contributed by atoms with van der Waals surface area (Å²) in [5.74, 6) is -1.25. The highest BCUT2D eigenvalue weighted by molar-refractivity contribution is 7.15. The van der Waals surface area contributed by atoms with Gasteiger partial charge < -0.3 is 0 Å². The molecule has 0 spiro atoms. The van der Waals surface area contributed by atoms with Crippen LogP contribution >= 0.6 is 11.3 Å². The van der Waals surface area contributed by atoms with Crippen molar-refractivity contribution in [1.82, 2.24) is 14.8 Å². The van der Waals surface area contributed by atoms with Crippen molar-refractivity contribution in [1.29, 1.82) is 0 Å². The number of hydrazone groups is 1. The minimum atomic E-state index is -0.635. The Labute approximate surface area is 135 Å². The maximum absolute atomic E-state index is 13.9. The third kappa shape index (κ3) is 3.42. The Balaban J connectivity index is 1.79. The summed E-state index contributed by atoms with van der Waals surface area (Å²) in [6, 6.07) is 3.45. The first kappa shape index (κ1) is 15.3. The maximum atomic E-state index is 13.9. The van der Waals surface area contributed by atoms with Crippen molar-refractivity contribution in [3.63, 3.8) is 0 Å². The van der Waals surface area contributed by atoms with Crippen LogP contribution in [0.4, 0.5) is 13.9 Å². The Hall–Kier alpha value is -2.61. The van der Waals surface area contributed by atoms with E-state index in [0.29, 0.717) is 10.8 Å². The minimum Gasteiger partial charge on any atom is -0.275 e. The van der Waals surface area contributed by atoms with E-state index in [0.717, 1.165) is 16.5 Å². The number of hydrogen-bond donors (Lipinski definition) is 1. The summed E-state index contributed by atoms with van der Waals surface area (Å²) in [5, 5.41) is 8.63. The number of aromatic nitrogens is 3. The first-order valence-corrected chi connectivity index (χ1v) is 7.55. The van der Waals surface area contributed by atoms with Crippen molar-refractivity contribution in [3.05, 3.63) is 52.7 Å². The number of anilines is 1. The smallest absolute Gasteiger partial charge is 0.204 e. The van der Waals surface area contributed by atoms with Crippen molar-refractivity contribution >= 4 is 22.7 Å². The minimum absolute atomic E-state index is 0.268. The van der Waals surface area contributed by atoms with E-state index in [1.165, 1.54) is 23.5 Å². The first-order chi connectivity index (χ1) is 11.0. The molecule has 0 saturated carbocycles. The Morgan fingerprint density at radius 3 is 2.87 bits per heavy atom. The molecular formula is C15H13F2N5S. The SMILES string of the molecule is Cc1sc(NN=Cc2cnn(C)c2)nc1-c1ccc(F)cc1F. The largest absolute Gasteiger partial charge is 0.275 e. The van der Waals surface area contributed by atoms with Crippen LogP contribution < -0.4 is 5.43 Å². The normalized spacial score (nSPS) is 11.3. The van der Waals surface area contributed by atoms with Gasteiger partial charge in [-0.15, -0.1) is 11.3 Å². The number of halogens is 2. The lowest BCUT2D eigenvalue weighted by atomic mass is 10.1. The average Bonchev–Trinajstić information content (AvgIpc) is 3.06. The van der Waals surface area contributed by atoms with Gasteiger partial charge in [-0.05, 0) is 19.1 Å². The molecule has 3 rings (SSSR count). The van der Waals surface area contributed by atoms with E-state index in [-0.39, 0.29) is 5.56 Å². The molecule has 0 bridgehead atoms. The van der Waals surface area contributed by atoms with Crippen LogP contribution in [0.1, 0.15) is 10.4 Å². The van der Waals surface area contributed by atoms with E-state index < -0.39 is 11.6 Å². The van der Waals surface area contributed by atoms with E-state index in [4.69, 9.17) is 0 Å². The van der Waals surface area contributed by atoms with Crippen molar-refractivity contribution in [2.45, 2.75) is 6.92 Å². The van der Waals surface area contributed by atoms with E-state index in [1.807, 2.05) is 20.2 Å². The number of nitrogens with one attached hydrogen (secondary N) is 1. The Morgan fingerprint density at radius 2 is 2.17 bits per heavy atom. The molecule has 1 N–H and O–H groups in total. The predicted octanol–water partition coefficient (Wildman–Crippen LogP) is 3.58. The van der Waals surface area contributed by atoms with Gasteiger partial charge in [0.2, 0.25) is 5.13 Å². The zero-order chi connectivity index (χ0) is 16.4. The molecule has 2 heterocycles.